The molecule has 0 aliphatic heterocycles. The van der Waals surface area contributed by atoms with E-state index in [-0.39, 0.29) is 122 Å². The molecule has 0 aromatic carbocycles. The molecule has 0 aliphatic rings. The van der Waals surface area contributed by atoms with Crippen LogP contribution in [0.25, 0.3) is 0 Å². The maximum atomic E-state index is 9.53. The average molecular weight is 268 g/mol. The summed E-state index contributed by atoms with van der Waals surface area (Å²) >= 11 is 0. The molecular weight excluding hydrogens is 259 g/mol. The fourth-order valence-electron chi connectivity index (χ4n) is 0.102. The molecule has 60 valence electrons. The Morgan fingerprint density at radius 1 is 1.27 bits per heavy atom. The van der Waals surface area contributed by atoms with E-state index in [2.05, 4.69) is 4.52 Å². The van der Waals surface area contributed by atoms with Crippen LogP contribution in [0.1, 0.15) is 8.56 Å². The van der Waals surface area contributed by atoms with Gasteiger partial charge in [0, 0.05) is 0 Å². The van der Waals surface area contributed by atoms with E-state index in [0.29, 0.717) is 0 Å². The molecule has 0 unspecified atom stereocenters. The molecule has 0 saturated carbocycles. The number of phosphoric acid groups is 1. The van der Waals surface area contributed by atoms with Crippen LogP contribution in [0, 0.1) is 0 Å². The Balaban J connectivity index is -0.00000000681. The van der Waals surface area contributed by atoms with Gasteiger partial charge in [0.25, 0.3) is 0 Å². The molecule has 3 N–H and O–H groups in total. The van der Waals surface area contributed by atoms with Gasteiger partial charge in [0.1, 0.15) is 0 Å². The smallest absolute Gasteiger partial charge is 1.00 e. The molecule has 10 heteroatoms. The van der Waals surface area contributed by atoms with Crippen molar-refractivity contribution in [3.8, 4) is 0 Å². The Morgan fingerprint density at radius 3 is 1.55 bits per heavy atom. The Labute approximate surface area is 161 Å². The molecule has 6 nitrogen and oxygen atoms in total. The second-order valence-corrected chi connectivity index (χ2v) is 2.01. The standard InChI is InChI=1S/CH3O6P.3Ca.6H/c2-1(3)7-8(4,5)6;;;;;;;;;/h(H,2,3)(H2,4,5,6);;;;;;;;;/q;3*+2;6*-1. The summed E-state index contributed by atoms with van der Waals surface area (Å²) < 4.78 is 12.6. The quantitative estimate of drug-likeness (QED) is 0.429. The first-order valence-corrected chi connectivity index (χ1v) is 2.93. The minimum absolute atomic E-state index is 0. The maximum Gasteiger partial charge on any atom is 2.00 e. The van der Waals surface area contributed by atoms with Crippen molar-refractivity contribution in [2.75, 3.05) is 0 Å². The van der Waals surface area contributed by atoms with E-state index in [0.717, 1.165) is 0 Å². The van der Waals surface area contributed by atoms with Gasteiger partial charge in [-0.15, -0.1) is 0 Å². The molecule has 0 bridgehead atoms. The molecule has 0 saturated heterocycles. The van der Waals surface area contributed by atoms with Crippen LogP contribution in [-0.4, -0.2) is 134 Å². The maximum absolute atomic E-state index is 9.53. The van der Waals surface area contributed by atoms with Crippen molar-refractivity contribution >= 4 is 127 Å². The Kier molecular flexibility index (Phi) is 24.4. The third kappa shape index (κ3) is 24.6. The fourth-order valence-corrected chi connectivity index (χ4v) is 0.305. The van der Waals surface area contributed by atoms with Crippen LogP contribution in [0.5, 0.6) is 0 Å². The third-order valence-corrected chi connectivity index (χ3v) is 0.591. The molecule has 0 aromatic rings. The van der Waals surface area contributed by atoms with Gasteiger partial charge in [-0.25, -0.2) is 9.36 Å². The van der Waals surface area contributed by atoms with Crippen LogP contribution in [0.15, 0.2) is 0 Å². The van der Waals surface area contributed by atoms with Crippen LogP contribution >= 0.6 is 7.82 Å². The summed E-state index contributed by atoms with van der Waals surface area (Å²) in [5.74, 6) is 0. The van der Waals surface area contributed by atoms with Crippen LogP contribution in [0.3, 0.4) is 0 Å². The van der Waals surface area contributed by atoms with Crippen molar-refractivity contribution in [3.63, 3.8) is 0 Å². The fraction of sp³-hybridized carbons (Fsp3) is 0. The van der Waals surface area contributed by atoms with Gasteiger partial charge < -0.3 is 18.2 Å². The monoisotopic (exact) mass is 268 g/mol. The van der Waals surface area contributed by atoms with Crippen molar-refractivity contribution in [2.45, 2.75) is 0 Å². The summed E-state index contributed by atoms with van der Waals surface area (Å²) in [6.07, 6.45) is -1.99. The predicted molar refractivity (Wildman–Crippen MR) is 45.1 cm³/mol. The molecule has 0 atom stereocenters. The molecule has 0 rings (SSSR count). The molecule has 0 aliphatic carbocycles. The predicted octanol–water partition coefficient (Wildman–Crippen LogP) is -0.694. The second-order valence-electron chi connectivity index (χ2n) is 0.848. The van der Waals surface area contributed by atoms with Gasteiger partial charge in [-0.1, -0.05) is 0 Å². The molecular formula is CH9Ca3O6P. The zero-order valence-electron chi connectivity index (χ0n) is 11.6. The van der Waals surface area contributed by atoms with Crippen LogP contribution in [-0.2, 0) is 9.09 Å². The number of hydrogen-bond donors (Lipinski definition) is 3. The number of phosphoric ester groups is 1. The normalized spacial score (nSPS) is 7.82. The van der Waals surface area contributed by atoms with E-state index in [1.807, 2.05) is 0 Å². The molecule has 0 fully saturated rings. The Morgan fingerprint density at radius 2 is 1.55 bits per heavy atom. The summed E-state index contributed by atoms with van der Waals surface area (Å²) in [4.78, 5) is 24.7. The van der Waals surface area contributed by atoms with Crippen molar-refractivity contribution in [3.05, 3.63) is 0 Å². The van der Waals surface area contributed by atoms with E-state index in [4.69, 9.17) is 14.9 Å². The van der Waals surface area contributed by atoms with E-state index in [1.165, 1.54) is 0 Å². The number of carboxylic acid groups (broad SMARTS) is 1. The molecule has 11 heavy (non-hydrogen) atoms. The van der Waals surface area contributed by atoms with E-state index >= 15 is 0 Å². The van der Waals surface area contributed by atoms with Gasteiger partial charge >= 0.3 is 127 Å². The number of carbonyl (C=O) groups is 1. The van der Waals surface area contributed by atoms with Crippen molar-refractivity contribution in [1.82, 2.24) is 0 Å². The Bertz CT molecular complexity index is 157. The second kappa shape index (κ2) is 11.3. The zero-order valence-corrected chi connectivity index (χ0v) is 13.2. The van der Waals surface area contributed by atoms with Gasteiger partial charge in [0.2, 0.25) is 0 Å². The number of hydrogen-bond acceptors (Lipinski definition) is 3. The van der Waals surface area contributed by atoms with E-state index < -0.39 is 14.0 Å². The van der Waals surface area contributed by atoms with E-state index in [1.54, 1.807) is 0 Å². The summed E-state index contributed by atoms with van der Waals surface area (Å²) in [6.45, 7) is 0. The first-order chi connectivity index (χ1) is 3.42. The van der Waals surface area contributed by atoms with Gasteiger partial charge in [-0.2, -0.15) is 0 Å². The van der Waals surface area contributed by atoms with Crippen LogP contribution in [0.2, 0.25) is 0 Å². The molecule has 0 radical (unpaired) electrons. The van der Waals surface area contributed by atoms with Gasteiger partial charge in [0.15, 0.2) is 0 Å². The van der Waals surface area contributed by atoms with Crippen LogP contribution < -0.4 is 0 Å². The van der Waals surface area contributed by atoms with Crippen molar-refractivity contribution in [1.29, 1.82) is 0 Å². The first kappa shape index (κ1) is 23.8. The molecule has 0 amide bonds. The zero-order chi connectivity index (χ0) is 6.78. The minimum atomic E-state index is -4.82. The summed E-state index contributed by atoms with van der Waals surface area (Å²) in [6, 6.07) is 0. The number of rotatable bonds is 1. The van der Waals surface area contributed by atoms with Crippen molar-refractivity contribution < 1.29 is 37.3 Å². The van der Waals surface area contributed by atoms with Crippen LogP contribution in [0.4, 0.5) is 4.79 Å². The largest absolute Gasteiger partial charge is 2.00 e. The van der Waals surface area contributed by atoms with Gasteiger partial charge in [-0.3, -0.25) is 9.79 Å². The Hall–Kier alpha value is 3.20. The average Bonchev–Trinajstić information content (AvgIpc) is 1.21. The topological polar surface area (TPSA) is 104 Å². The summed E-state index contributed by atoms with van der Waals surface area (Å²) in [7, 11) is -4.82. The minimum Gasteiger partial charge on any atom is -1.00 e. The molecule has 0 heterocycles. The summed E-state index contributed by atoms with van der Waals surface area (Å²) in [5.41, 5.74) is 0. The third-order valence-electron chi connectivity index (χ3n) is 0.197. The SMILES string of the molecule is O=C(O)OP(=O)(O)O.[Ca+2].[Ca+2].[Ca+2].[H-].[H-].[H-].[H-].[H-].[H-]. The van der Waals surface area contributed by atoms with E-state index in [9.17, 15) is 9.36 Å². The summed E-state index contributed by atoms with van der Waals surface area (Å²) in [5, 5.41) is 7.53. The first-order valence-electron chi connectivity index (χ1n) is 1.40. The molecule has 0 aromatic heterocycles. The molecule has 0 spiro atoms. The van der Waals surface area contributed by atoms with Crippen molar-refractivity contribution in [2.24, 2.45) is 0 Å². The van der Waals surface area contributed by atoms with Gasteiger partial charge in [0.05, 0.1) is 0 Å². The van der Waals surface area contributed by atoms with Gasteiger partial charge in [-0.05, 0) is 0 Å².